The molecule has 1 atom stereocenters. The molecule has 1 heterocycles. The van der Waals surface area contributed by atoms with Gasteiger partial charge in [0, 0.05) is 12.6 Å². The average molecular weight is 232 g/mol. The molecule has 0 radical (unpaired) electrons. The van der Waals surface area contributed by atoms with Crippen LogP contribution in [0.1, 0.15) is 26.2 Å². The highest BCUT2D eigenvalue weighted by Gasteiger charge is 2.09. The third kappa shape index (κ3) is 2.84. The number of unbranched alkanes of at least 4 members (excludes halogenated alkanes) is 1. The van der Waals surface area contributed by atoms with Crippen LogP contribution in [0.5, 0.6) is 0 Å². The van der Waals surface area contributed by atoms with Crippen molar-refractivity contribution < 1.29 is 0 Å². The van der Waals surface area contributed by atoms with Crippen LogP contribution in [0.2, 0.25) is 0 Å². The number of nitrogens with one attached hydrogen (secondary N) is 1. The van der Waals surface area contributed by atoms with Gasteiger partial charge in [-0.2, -0.15) is 0 Å². The number of rotatable bonds is 6. The second kappa shape index (κ2) is 5.80. The summed E-state index contributed by atoms with van der Waals surface area (Å²) in [7, 11) is 0. The summed E-state index contributed by atoms with van der Waals surface area (Å²) in [6.07, 6.45) is 5.38. The first kappa shape index (κ1) is 12.1. The molecule has 0 spiro atoms. The fourth-order valence-corrected chi connectivity index (χ4v) is 2.07. The Labute approximate surface area is 102 Å². The van der Waals surface area contributed by atoms with Gasteiger partial charge in [-0.3, -0.25) is 11.3 Å². The monoisotopic (exact) mass is 232 g/mol. The van der Waals surface area contributed by atoms with Crippen molar-refractivity contribution >= 4 is 11.0 Å². The molecule has 0 aliphatic rings. The van der Waals surface area contributed by atoms with Gasteiger partial charge in [0.05, 0.1) is 17.4 Å². The van der Waals surface area contributed by atoms with E-state index in [1.165, 1.54) is 18.4 Å². The Balaban J connectivity index is 2.11. The van der Waals surface area contributed by atoms with E-state index in [1.54, 1.807) is 0 Å². The maximum Gasteiger partial charge on any atom is 0.0958 e. The van der Waals surface area contributed by atoms with Crippen LogP contribution in [0, 0.1) is 0 Å². The highest BCUT2D eigenvalue weighted by atomic mass is 15.2. The predicted molar refractivity (Wildman–Crippen MR) is 70.4 cm³/mol. The summed E-state index contributed by atoms with van der Waals surface area (Å²) in [6, 6.07) is 8.48. The number of hydrogen-bond acceptors (Lipinski definition) is 3. The lowest BCUT2D eigenvalue weighted by molar-refractivity contribution is 0.424. The smallest absolute Gasteiger partial charge is 0.0958 e. The van der Waals surface area contributed by atoms with Gasteiger partial charge in [-0.25, -0.2) is 4.98 Å². The first-order chi connectivity index (χ1) is 8.35. The van der Waals surface area contributed by atoms with E-state index in [4.69, 9.17) is 5.84 Å². The summed E-state index contributed by atoms with van der Waals surface area (Å²) in [5.41, 5.74) is 5.10. The third-order valence-electron chi connectivity index (χ3n) is 3.09. The molecule has 3 N–H and O–H groups in total. The van der Waals surface area contributed by atoms with Gasteiger partial charge in [-0.05, 0) is 18.6 Å². The molecule has 4 heteroatoms. The van der Waals surface area contributed by atoms with Gasteiger partial charge < -0.3 is 4.57 Å². The van der Waals surface area contributed by atoms with Crippen molar-refractivity contribution in [3.8, 4) is 0 Å². The Bertz CT molecular complexity index is 463. The van der Waals surface area contributed by atoms with Crippen LogP contribution >= 0.6 is 0 Å². The molecular weight excluding hydrogens is 212 g/mol. The normalized spacial score (nSPS) is 13.1. The van der Waals surface area contributed by atoms with E-state index >= 15 is 0 Å². The number of hydrogen-bond donors (Lipinski definition) is 2. The second-order valence-corrected chi connectivity index (χ2v) is 4.39. The second-order valence-electron chi connectivity index (χ2n) is 4.39. The zero-order chi connectivity index (χ0) is 12.1. The predicted octanol–water partition coefficient (Wildman–Crippen LogP) is 2.06. The topological polar surface area (TPSA) is 55.9 Å². The molecule has 0 saturated carbocycles. The Kier molecular flexibility index (Phi) is 4.12. The number of para-hydroxylation sites is 2. The number of aromatic nitrogens is 2. The molecule has 2 aromatic rings. The number of hydrazine groups is 1. The van der Waals surface area contributed by atoms with Gasteiger partial charge in [0.2, 0.25) is 0 Å². The first-order valence-electron chi connectivity index (χ1n) is 6.21. The SMILES string of the molecule is CCCCC(Cn1cnc2ccccc21)NN. The van der Waals surface area contributed by atoms with Crippen LogP contribution in [0.3, 0.4) is 0 Å². The van der Waals surface area contributed by atoms with E-state index in [-0.39, 0.29) is 0 Å². The number of benzene rings is 1. The molecule has 1 aromatic heterocycles. The maximum atomic E-state index is 5.59. The third-order valence-corrected chi connectivity index (χ3v) is 3.09. The van der Waals surface area contributed by atoms with Crippen LogP contribution in [0.25, 0.3) is 11.0 Å². The van der Waals surface area contributed by atoms with E-state index in [2.05, 4.69) is 28.0 Å². The lowest BCUT2D eigenvalue weighted by Crippen LogP contribution is -2.38. The van der Waals surface area contributed by atoms with E-state index < -0.39 is 0 Å². The number of nitrogens with zero attached hydrogens (tertiary/aromatic N) is 2. The standard InChI is InChI=1S/C13H20N4/c1-2-3-6-11(16-14)9-17-10-15-12-7-4-5-8-13(12)17/h4-5,7-8,10-11,16H,2-3,6,9,14H2,1H3. The summed E-state index contributed by atoms with van der Waals surface area (Å²) in [6.45, 7) is 3.07. The molecule has 2 rings (SSSR count). The Morgan fingerprint density at radius 1 is 1.41 bits per heavy atom. The van der Waals surface area contributed by atoms with Gasteiger partial charge in [0.15, 0.2) is 0 Å². The fraction of sp³-hybridized carbons (Fsp3) is 0.462. The summed E-state index contributed by atoms with van der Waals surface area (Å²) >= 11 is 0. The highest BCUT2D eigenvalue weighted by molar-refractivity contribution is 5.74. The molecular formula is C13H20N4. The summed E-state index contributed by atoms with van der Waals surface area (Å²) < 4.78 is 2.16. The van der Waals surface area contributed by atoms with Crippen molar-refractivity contribution in [1.29, 1.82) is 0 Å². The van der Waals surface area contributed by atoms with Crippen molar-refractivity contribution in [2.45, 2.75) is 38.8 Å². The van der Waals surface area contributed by atoms with Crippen molar-refractivity contribution in [2.75, 3.05) is 0 Å². The van der Waals surface area contributed by atoms with Gasteiger partial charge in [-0.1, -0.05) is 31.9 Å². The van der Waals surface area contributed by atoms with Crippen molar-refractivity contribution in [2.24, 2.45) is 5.84 Å². The van der Waals surface area contributed by atoms with E-state index in [1.807, 2.05) is 24.5 Å². The Morgan fingerprint density at radius 2 is 2.24 bits per heavy atom. The minimum absolute atomic E-state index is 0.313. The highest BCUT2D eigenvalue weighted by Crippen LogP contribution is 2.13. The van der Waals surface area contributed by atoms with Crippen molar-refractivity contribution in [3.05, 3.63) is 30.6 Å². The molecule has 0 aliphatic carbocycles. The van der Waals surface area contributed by atoms with Crippen LogP contribution in [0.4, 0.5) is 0 Å². The fourth-order valence-electron chi connectivity index (χ4n) is 2.07. The molecule has 0 amide bonds. The minimum Gasteiger partial charge on any atom is -0.329 e. The summed E-state index contributed by atoms with van der Waals surface area (Å²) in [5, 5.41) is 0. The average Bonchev–Trinajstić information content (AvgIpc) is 2.78. The van der Waals surface area contributed by atoms with Gasteiger partial charge in [-0.15, -0.1) is 0 Å². The zero-order valence-electron chi connectivity index (χ0n) is 10.3. The lowest BCUT2D eigenvalue weighted by Gasteiger charge is -2.16. The molecule has 0 bridgehead atoms. The van der Waals surface area contributed by atoms with Gasteiger partial charge >= 0.3 is 0 Å². The largest absolute Gasteiger partial charge is 0.329 e. The van der Waals surface area contributed by atoms with Gasteiger partial charge in [0.25, 0.3) is 0 Å². The van der Waals surface area contributed by atoms with Crippen LogP contribution in [-0.2, 0) is 6.54 Å². The molecule has 0 fully saturated rings. The molecule has 92 valence electrons. The molecule has 17 heavy (non-hydrogen) atoms. The number of nitrogens with two attached hydrogens (primary N) is 1. The van der Waals surface area contributed by atoms with E-state index in [9.17, 15) is 0 Å². The van der Waals surface area contributed by atoms with E-state index in [0.717, 1.165) is 18.5 Å². The van der Waals surface area contributed by atoms with Crippen molar-refractivity contribution in [1.82, 2.24) is 15.0 Å². The Hall–Kier alpha value is -1.39. The van der Waals surface area contributed by atoms with Crippen molar-refractivity contribution in [3.63, 3.8) is 0 Å². The van der Waals surface area contributed by atoms with Crippen LogP contribution in [0.15, 0.2) is 30.6 Å². The van der Waals surface area contributed by atoms with Crippen LogP contribution < -0.4 is 11.3 Å². The minimum atomic E-state index is 0.313. The Morgan fingerprint density at radius 3 is 3.00 bits per heavy atom. The molecule has 0 aliphatic heterocycles. The summed E-state index contributed by atoms with van der Waals surface area (Å²) in [4.78, 5) is 4.38. The summed E-state index contributed by atoms with van der Waals surface area (Å²) in [5.74, 6) is 5.59. The van der Waals surface area contributed by atoms with E-state index in [0.29, 0.717) is 6.04 Å². The number of imidazole rings is 1. The first-order valence-corrected chi connectivity index (χ1v) is 6.21. The molecule has 1 unspecified atom stereocenters. The molecule has 0 saturated heterocycles. The quantitative estimate of drug-likeness (QED) is 0.592. The lowest BCUT2D eigenvalue weighted by atomic mass is 10.1. The molecule has 1 aromatic carbocycles. The van der Waals surface area contributed by atoms with Gasteiger partial charge in [0.1, 0.15) is 0 Å². The molecule has 4 nitrogen and oxygen atoms in total. The maximum absolute atomic E-state index is 5.59. The van der Waals surface area contributed by atoms with Crippen LogP contribution in [-0.4, -0.2) is 15.6 Å². The zero-order valence-corrected chi connectivity index (χ0v) is 10.3. The number of fused-ring (bicyclic) bond motifs is 1.